The number of rotatable bonds is 8. The van der Waals surface area contributed by atoms with Gasteiger partial charge in [0.2, 0.25) is 11.8 Å². The molecule has 0 aromatic heterocycles. The summed E-state index contributed by atoms with van der Waals surface area (Å²) in [4.78, 5) is 40.5. The van der Waals surface area contributed by atoms with E-state index in [-0.39, 0.29) is 42.3 Å². The van der Waals surface area contributed by atoms with Gasteiger partial charge in [-0.05, 0) is 49.8 Å². The first-order chi connectivity index (χ1) is 17.5. The van der Waals surface area contributed by atoms with Gasteiger partial charge in [-0.2, -0.15) is 0 Å². The summed E-state index contributed by atoms with van der Waals surface area (Å²) >= 11 is 0. The number of aryl methyl sites for hydroxylation is 1. The number of piperidine rings is 1. The van der Waals surface area contributed by atoms with Crippen molar-refractivity contribution in [1.82, 2.24) is 15.5 Å². The standard InChI is InChI=1S/C29H37N3O4/c1-21-10-5-6-14-24(21)29(35)31-26-16-8-7-15-25(26)30-28(34)23-13-9-17-32(18-23)27(33)20-36-19-22-11-3-2-4-12-22/h2-6,10-12,14,23,25-26H,7-9,13,15-20H2,1H3,(H,30,34)(H,31,35)/t23-,25-,26-/m1/s1. The molecule has 0 radical (unpaired) electrons. The number of nitrogens with zero attached hydrogens (tertiary/aromatic N) is 1. The predicted octanol–water partition coefficient (Wildman–Crippen LogP) is 3.61. The Kier molecular flexibility index (Phi) is 9.11. The molecule has 2 aromatic rings. The Morgan fingerprint density at radius 1 is 0.889 bits per heavy atom. The highest BCUT2D eigenvalue weighted by atomic mass is 16.5. The maximum absolute atomic E-state index is 13.2. The molecule has 3 amide bonds. The van der Waals surface area contributed by atoms with Gasteiger partial charge in [-0.25, -0.2) is 0 Å². The van der Waals surface area contributed by atoms with E-state index < -0.39 is 0 Å². The van der Waals surface area contributed by atoms with E-state index in [1.165, 1.54) is 0 Å². The molecule has 4 rings (SSSR count). The molecule has 192 valence electrons. The molecule has 1 saturated heterocycles. The summed E-state index contributed by atoms with van der Waals surface area (Å²) in [6, 6.07) is 17.1. The van der Waals surface area contributed by atoms with Crippen LogP contribution >= 0.6 is 0 Å². The lowest BCUT2D eigenvalue weighted by molar-refractivity contribution is -0.140. The summed E-state index contributed by atoms with van der Waals surface area (Å²) < 4.78 is 5.62. The second-order valence-electron chi connectivity index (χ2n) is 9.95. The van der Waals surface area contributed by atoms with Gasteiger partial charge >= 0.3 is 0 Å². The van der Waals surface area contributed by atoms with Crippen LogP contribution in [0.2, 0.25) is 0 Å². The van der Waals surface area contributed by atoms with Crippen LogP contribution < -0.4 is 10.6 Å². The van der Waals surface area contributed by atoms with Crippen LogP contribution in [0.1, 0.15) is 60.0 Å². The van der Waals surface area contributed by atoms with Crippen LogP contribution in [0.3, 0.4) is 0 Å². The number of nitrogens with one attached hydrogen (secondary N) is 2. The minimum Gasteiger partial charge on any atom is -0.367 e. The number of hydrogen-bond acceptors (Lipinski definition) is 4. The molecule has 7 nitrogen and oxygen atoms in total. The Hall–Kier alpha value is -3.19. The monoisotopic (exact) mass is 491 g/mol. The summed E-state index contributed by atoms with van der Waals surface area (Å²) in [5.74, 6) is -0.445. The molecule has 0 spiro atoms. The Morgan fingerprint density at radius 3 is 2.33 bits per heavy atom. The largest absolute Gasteiger partial charge is 0.367 e. The third kappa shape index (κ3) is 6.94. The van der Waals surface area contributed by atoms with Crippen LogP contribution in [0.5, 0.6) is 0 Å². The van der Waals surface area contributed by atoms with Crippen molar-refractivity contribution < 1.29 is 19.1 Å². The zero-order valence-corrected chi connectivity index (χ0v) is 21.1. The van der Waals surface area contributed by atoms with Crippen molar-refractivity contribution in [2.75, 3.05) is 19.7 Å². The van der Waals surface area contributed by atoms with Gasteiger partial charge in [0.1, 0.15) is 6.61 Å². The Balaban J connectivity index is 1.28. The number of ether oxygens (including phenoxy) is 1. The highest BCUT2D eigenvalue weighted by Gasteiger charge is 2.33. The van der Waals surface area contributed by atoms with Crippen molar-refractivity contribution in [3.8, 4) is 0 Å². The van der Waals surface area contributed by atoms with Crippen molar-refractivity contribution in [2.24, 2.45) is 5.92 Å². The lowest BCUT2D eigenvalue weighted by Crippen LogP contribution is -2.55. The Morgan fingerprint density at radius 2 is 1.58 bits per heavy atom. The van der Waals surface area contributed by atoms with Crippen molar-refractivity contribution >= 4 is 17.7 Å². The molecule has 1 heterocycles. The van der Waals surface area contributed by atoms with E-state index in [0.29, 0.717) is 25.3 Å². The molecule has 1 aliphatic heterocycles. The van der Waals surface area contributed by atoms with Crippen LogP contribution in [0.15, 0.2) is 54.6 Å². The van der Waals surface area contributed by atoms with Crippen molar-refractivity contribution in [2.45, 2.75) is 64.1 Å². The molecular weight excluding hydrogens is 454 g/mol. The summed E-state index contributed by atoms with van der Waals surface area (Å²) in [6.45, 7) is 3.39. The first kappa shape index (κ1) is 25.9. The molecular formula is C29H37N3O4. The average Bonchev–Trinajstić information content (AvgIpc) is 2.90. The van der Waals surface area contributed by atoms with Crippen LogP contribution in [-0.4, -0.2) is 54.4 Å². The third-order valence-corrected chi connectivity index (χ3v) is 7.28. The summed E-state index contributed by atoms with van der Waals surface area (Å²) in [6.07, 6.45) is 5.29. The second kappa shape index (κ2) is 12.7. The molecule has 2 aliphatic rings. The number of carbonyl (C=O) groups excluding carboxylic acids is 3. The summed E-state index contributed by atoms with van der Waals surface area (Å²) in [5, 5.41) is 6.37. The molecule has 36 heavy (non-hydrogen) atoms. The lowest BCUT2D eigenvalue weighted by Gasteiger charge is -2.36. The highest BCUT2D eigenvalue weighted by Crippen LogP contribution is 2.22. The number of hydrogen-bond donors (Lipinski definition) is 2. The maximum Gasteiger partial charge on any atom is 0.251 e. The van der Waals surface area contributed by atoms with Crippen molar-refractivity contribution in [3.63, 3.8) is 0 Å². The second-order valence-corrected chi connectivity index (χ2v) is 9.95. The third-order valence-electron chi connectivity index (χ3n) is 7.28. The predicted molar refractivity (Wildman–Crippen MR) is 138 cm³/mol. The van der Waals surface area contributed by atoms with Gasteiger partial charge in [-0.1, -0.05) is 61.4 Å². The Labute approximate surface area is 213 Å². The van der Waals surface area contributed by atoms with Crippen molar-refractivity contribution in [3.05, 3.63) is 71.3 Å². The lowest BCUT2D eigenvalue weighted by atomic mass is 9.88. The average molecular weight is 492 g/mol. The van der Waals surface area contributed by atoms with Gasteiger partial charge in [0.25, 0.3) is 5.91 Å². The summed E-state index contributed by atoms with van der Waals surface area (Å²) in [7, 11) is 0. The minimum atomic E-state index is -0.244. The van der Waals surface area contributed by atoms with Gasteiger partial charge in [0, 0.05) is 30.7 Å². The van der Waals surface area contributed by atoms with E-state index in [0.717, 1.165) is 49.7 Å². The van der Waals surface area contributed by atoms with Gasteiger partial charge in [0.05, 0.1) is 12.5 Å². The van der Waals surface area contributed by atoms with Crippen LogP contribution in [0.25, 0.3) is 0 Å². The van der Waals surface area contributed by atoms with E-state index in [1.54, 1.807) is 4.90 Å². The molecule has 1 aliphatic carbocycles. The SMILES string of the molecule is Cc1ccccc1C(=O)N[C@@H]1CCCC[C@H]1NC(=O)[C@@H]1CCCN(C(=O)COCc2ccccc2)C1. The molecule has 2 fully saturated rings. The molecule has 3 atom stereocenters. The fourth-order valence-corrected chi connectivity index (χ4v) is 5.19. The molecule has 7 heteroatoms. The first-order valence-electron chi connectivity index (χ1n) is 13.1. The highest BCUT2D eigenvalue weighted by molar-refractivity contribution is 5.95. The van der Waals surface area contributed by atoms with Crippen LogP contribution in [0, 0.1) is 12.8 Å². The summed E-state index contributed by atoms with van der Waals surface area (Å²) in [5.41, 5.74) is 2.63. The molecule has 2 aromatic carbocycles. The van der Waals surface area contributed by atoms with Crippen LogP contribution in [-0.2, 0) is 20.9 Å². The fourth-order valence-electron chi connectivity index (χ4n) is 5.19. The number of likely N-dealkylation sites (tertiary alicyclic amines) is 1. The maximum atomic E-state index is 13.2. The molecule has 1 saturated carbocycles. The molecule has 2 N–H and O–H groups in total. The van der Waals surface area contributed by atoms with Gasteiger partial charge in [-0.3, -0.25) is 14.4 Å². The molecule has 0 bridgehead atoms. The van der Waals surface area contributed by atoms with E-state index in [9.17, 15) is 14.4 Å². The number of amides is 3. The van der Waals surface area contributed by atoms with Crippen LogP contribution in [0.4, 0.5) is 0 Å². The van der Waals surface area contributed by atoms with Gasteiger partial charge in [0.15, 0.2) is 0 Å². The molecule has 0 unspecified atom stereocenters. The number of benzene rings is 2. The van der Waals surface area contributed by atoms with E-state index in [4.69, 9.17) is 4.74 Å². The van der Waals surface area contributed by atoms with Gasteiger partial charge < -0.3 is 20.3 Å². The van der Waals surface area contributed by atoms with Crippen molar-refractivity contribution in [1.29, 1.82) is 0 Å². The topological polar surface area (TPSA) is 87.7 Å². The smallest absolute Gasteiger partial charge is 0.251 e. The first-order valence-corrected chi connectivity index (χ1v) is 13.1. The van der Waals surface area contributed by atoms with E-state index in [1.807, 2.05) is 61.5 Å². The fraction of sp³-hybridized carbons (Fsp3) is 0.483. The van der Waals surface area contributed by atoms with E-state index >= 15 is 0 Å². The normalized spacial score (nSPS) is 22.0. The van der Waals surface area contributed by atoms with Gasteiger partial charge in [-0.15, -0.1) is 0 Å². The number of carbonyl (C=O) groups is 3. The minimum absolute atomic E-state index is 0.0128. The zero-order chi connectivity index (χ0) is 25.3. The zero-order valence-electron chi connectivity index (χ0n) is 21.1. The Bertz CT molecular complexity index is 1040. The van der Waals surface area contributed by atoms with E-state index in [2.05, 4.69) is 10.6 Å². The quantitative estimate of drug-likeness (QED) is 0.591.